The van der Waals surface area contributed by atoms with Crippen LogP contribution in [0.4, 0.5) is 26.4 Å². The second-order valence-corrected chi connectivity index (χ2v) is 8.87. The number of pyridine rings is 2. The molecule has 0 atom stereocenters. The van der Waals surface area contributed by atoms with Gasteiger partial charge in [-0.2, -0.15) is 0 Å². The molecule has 1 fully saturated rings. The van der Waals surface area contributed by atoms with Gasteiger partial charge in [-0.3, -0.25) is 5.32 Å². The Kier molecular flexibility index (Phi) is 7.20. The molecule has 3 heterocycles. The van der Waals surface area contributed by atoms with Gasteiger partial charge in [-0.15, -0.1) is 0 Å². The highest BCUT2D eigenvalue weighted by Crippen LogP contribution is 2.39. The highest BCUT2D eigenvalue weighted by atomic mass is 19.1. The van der Waals surface area contributed by atoms with E-state index in [1.807, 2.05) is 6.92 Å². The number of nitrogen functional groups attached to an aromatic ring is 1. The molecule has 9 nitrogen and oxygen atoms in total. The normalized spacial score (nSPS) is 14.7. The van der Waals surface area contributed by atoms with Gasteiger partial charge in [0.15, 0.2) is 5.82 Å². The topological polar surface area (TPSA) is 132 Å². The van der Waals surface area contributed by atoms with E-state index in [9.17, 15) is 4.79 Å². The van der Waals surface area contributed by atoms with Crippen molar-refractivity contribution in [2.45, 2.75) is 52.2 Å². The predicted molar refractivity (Wildman–Crippen MR) is 133 cm³/mol. The van der Waals surface area contributed by atoms with Crippen LogP contribution in [0.5, 0.6) is 5.88 Å². The molecular formula is C25H30FN5O4. The van der Waals surface area contributed by atoms with Crippen LogP contribution in [-0.2, 0) is 4.74 Å². The summed E-state index contributed by atoms with van der Waals surface area (Å²) in [6, 6.07) is 3.34. The van der Waals surface area contributed by atoms with Gasteiger partial charge in [0.05, 0.1) is 5.69 Å². The minimum absolute atomic E-state index is 0.00933. The average molecular weight is 484 g/mol. The molecule has 1 aliphatic heterocycles. The average Bonchev–Trinajstić information content (AvgIpc) is 2.79. The van der Waals surface area contributed by atoms with E-state index < -0.39 is 11.9 Å². The van der Waals surface area contributed by atoms with Gasteiger partial charge in [-0.05, 0) is 63.1 Å². The number of nitrogens with one attached hydrogen (secondary N) is 2. The molecule has 1 amide bonds. The van der Waals surface area contributed by atoms with Crippen LogP contribution in [0.25, 0.3) is 21.9 Å². The molecule has 186 valence electrons. The number of aliphatic hydroxyl groups excluding tert-OH is 1. The number of halogens is 1. The SMILES string of the molecule is CC(C)O.Cc1c(-c2cc3cc(NC(=O)OC4CCC4)ncc3c(N)c2F)cnc2c1NCCO2. The first-order valence-electron chi connectivity index (χ1n) is 11.6. The lowest BCUT2D eigenvalue weighted by atomic mass is 9.96. The summed E-state index contributed by atoms with van der Waals surface area (Å²) >= 11 is 0. The molecule has 5 N–H and O–H groups in total. The minimum Gasteiger partial charge on any atom is -0.474 e. The van der Waals surface area contributed by atoms with Crippen LogP contribution >= 0.6 is 0 Å². The number of rotatable bonds is 3. The molecule has 5 rings (SSSR count). The number of aromatic nitrogens is 2. The van der Waals surface area contributed by atoms with Crippen LogP contribution in [0.1, 0.15) is 38.7 Å². The lowest BCUT2D eigenvalue weighted by molar-refractivity contribution is 0.0623. The van der Waals surface area contributed by atoms with Crippen LogP contribution in [-0.4, -0.2) is 46.5 Å². The zero-order valence-electron chi connectivity index (χ0n) is 20.0. The Morgan fingerprint density at radius 3 is 2.71 bits per heavy atom. The third kappa shape index (κ3) is 5.37. The summed E-state index contributed by atoms with van der Waals surface area (Å²) in [7, 11) is 0. The van der Waals surface area contributed by atoms with Gasteiger partial charge in [0.2, 0.25) is 5.88 Å². The van der Waals surface area contributed by atoms with Gasteiger partial charge in [0, 0.05) is 41.6 Å². The van der Waals surface area contributed by atoms with Crippen molar-refractivity contribution in [2.75, 3.05) is 29.5 Å². The van der Waals surface area contributed by atoms with Gasteiger partial charge in [-0.25, -0.2) is 19.2 Å². The Hall–Kier alpha value is -3.66. The second kappa shape index (κ2) is 10.3. The van der Waals surface area contributed by atoms with E-state index in [1.54, 1.807) is 32.2 Å². The Labute approximate surface area is 202 Å². The van der Waals surface area contributed by atoms with Gasteiger partial charge >= 0.3 is 6.09 Å². The van der Waals surface area contributed by atoms with Crippen molar-refractivity contribution in [3.8, 4) is 17.0 Å². The number of amides is 1. The smallest absolute Gasteiger partial charge is 0.413 e. The zero-order chi connectivity index (χ0) is 25.1. The van der Waals surface area contributed by atoms with Crippen molar-refractivity contribution in [3.05, 3.63) is 35.9 Å². The fourth-order valence-corrected chi connectivity index (χ4v) is 3.83. The molecule has 35 heavy (non-hydrogen) atoms. The Bertz CT molecular complexity index is 1240. The number of hydrogen-bond donors (Lipinski definition) is 4. The van der Waals surface area contributed by atoms with E-state index in [-0.39, 0.29) is 17.9 Å². The lowest BCUT2D eigenvalue weighted by Crippen LogP contribution is -2.27. The first kappa shape index (κ1) is 24.5. The highest BCUT2D eigenvalue weighted by Gasteiger charge is 2.23. The van der Waals surface area contributed by atoms with Crippen molar-refractivity contribution in [1.29, 1.82) is 0 Å². The summed E-state index contributed by atoms with van der Waals surface area (Å²) in [5, 5.41) is 15.0. The van der Waals surface area contributed by atoms with Crippen LogP contribution in [0.15, 0.2) is 24.5 Å². The number of fused-ring (bicyclic) bond motifs is 2. The van der Waals surface area contributed by atoms with Crippen LogP contribution in [0.3, 0.4) is 0 Å². The molecule has 0 bridgehead atoms. The molecule has 1 aromatic carbocycles. The Morgan fingerprint density at radius 1 is 1.29 bits per heavy atom. The molecule has 0 unspecified atom stereocenters. The number of carbonyl (C=O) groups is 1. The molecule has 10 heteroatoms. The molecule has 0 saturated heterocycles. The fourth-order valence-electron chi connectivity index (χ4n) is 3.83. The molecular weight excluding hydrogens is 453 g/mol. The summed E-state index contributed by atoms with van der Waals surface area (Å²) in [4.78, 5) is 20.6. The van der Waals surface area contributed by atoms with Crippen LogP contribution in [0.2, 0.25) is 0 Å². The van der Waals surface area contributed by atoms with Gasteiger partial charge < -0.3 is 25.6 Å². The van der Waals surface area contributed by atoms with E-state index in [2.05, 4.69) is 20.6 Å². The number of aliphatic hydroxyl groups is 1. The second-order valence-electron chi connectivity index (χ2n) is 8.87. The molecule has 0 spiro atoms. The minimum atomic E-state index is -0.548. The molecule has 0 radical (unpaired) electrons. The monoisotopic (exact) mass is 483 g/mol. The maximum atomic E-state index is 15.2. The van der Waals surface area contributed by atoms with E-state index in [0.29, 0.717) is 46.7 Å². The largest absolute Gasteiger partial charge is 0.474 e. The molecule has 1 saturated carbocycles. The van der Waals surface area contributed by atoms with Gasteiger partial charge in [-0.1, -0.05) is 0 Å². The summed E-state index contributed by atoms with van der Waals surface area (Å²) in [6.07, 6.45) is 5.11. The third-order valence-electron chi connectivity index (χ3n) is 5.79. The van der Waals surface area contributed by atoms with Gasteiger partial charge in [0.25, 0.3) is 0 Å². The van der Waals surface area contributed by atoms with Crippen molar-refractivity contribution in [3.63, 3.8) is 0 Å². The standard InChI is InChI=1S/C22H22FN5O3.C3H8O/c1-11-15(9-27-21-20(11)25-5-6-30-21)14-7-12-8-17(26-10-16(12)19(24)18(14)23)28-22(29)31-13-3-2-4-13;1-3(2)4/h7-10,13,25H,2-6,24H2,1H3,(H,26,28,29);3-4H,1-2H3. The first-order valence-corrected chi connectivity index (χ1v) is 11.6. The molecule has 2 aromatic heterocycles. The number of anilines is 3. The lowest BCUT2D eigenvalue weighted by Gasteiger charge is -2.25. The Balaban J connectivity index is 0.000000672. The van der Waals surface area contributed by atoms with Crippen LogP contribution in [0, 0.1) is 12.7 Å². The first-order chi connectivity index (χ1) is 16.7. The summed E-state index contributed by atoms with van der Waals surface area (Å²) in [6.45, 7) is 6.51. The number of carbonyl (C=O) groups excluding carboxylic acids is 1. The van der Waals surface area contributed by atoms with Crippen molar-refractivity contribution >= 4 is 34.1 Å². The van der Waals surface area contributed by atoms with Crippen molar-refractivity contribution < 1.29 is 23.8 Å². The number of ether oxygens (including phenoxy) is 2. The van der Waals surface area contributed by atoms with Crippen LogP contribution < -0.4 is 21.1 Å². The van der Waals surface area contributed by atoms with E-state index in [0.717, 1.165) is 30.5 Å². The van der Waals surface area contributed by atoms with E-state index in [4.69, 9.17) is 20.3 Å². The predicted octanol–water partition coefficient (Wildman–Crippen LogP) is 4.62. The van der Waals surface area contributed by atoms with E-state index >= 15 is 4.39 Å². The van der Waals surface area contributed by atoms with Gasteiger partial charge in [0.1, 0.15) is 24.2 Å². The summed E-state index contributed by atoms with van der Waals surface area (Å²) in [5.74, 6) is 0.271. The van der Waals surface area contributed by atoms with Crippen molar-refractivity contribution in [1.82, 2.24) is 9.97 Å². The molecule has 3 aromatic rings. The summed E-state index contributed by atoms with van der Waals surface area (Å²) < 4.78 is 26.1. The number of hydrogen-bond acceptors (Lipinski definition) is 8. The number of nitrogens with two attached hydrogens (primary N) is 1. The van der Waals surface area contributed by atoms with Crippen molar-refractivity contribution in [2.24, 2.45) is 0 Å². The highest BCUT2D eigenvalue weighted by molar-refractivity contribution is 5.99. The molecule has 1 aliphatic carbocycles. The Morgan fingerprint density at radius 2 is 2.03 bits per heavy atom. The quantitative estimate of drug-likeness (QED) is 0.397. The maximum absolute atomic E-state index is 15.2. The number of benzene rings is 1. The fraction of sp³-hybridized carbons (Fsp3) is 0.400. The number of nitrogens with zero attached hydrogens (tertiary/aromatic N) is 2. The zero-order valence-corrected chi connectivity index (χ0v) is 20.0. The maximum Gasteiger partial charge on any atom is 0.413 e. The molecule has 2 aliphatic rings. The third-order valence-corrected chi connectivity index (χ3v) is 5.79. The van der Waals surface area contributed by atoms with E-state index in [1.165, 1.54) is 6.20 Å². The summed E-state index contributed by atoms with van der Waals surface area (Å²) in [5.41, 5.74) is 8.58.